The summed E-state index contributed by atoms with van der Waals surface area (Å²) in [4.78, 5) is 12.2. The zero-order valence-corrected chi connectivity index (χ0v) is 12.4. The zero-order chi connectivity index (χ0) is 15.4. The summed E-state index contributed by atoms with van der Waals surface area (Å²) in [5.74, 6) is -0.356. The molecule has 0 radical (unpaired) electrons. The van der Waals surface area contributed by atoms with E-state index in [2.05, 4.69) is 0 Å². The molecule has 4 nitrogen and oxygen atoms in total. The first-order chi connectivity index (χ1) is 10.7. The van der Waals surface area contributed by atoms with Gasteiger partial charge in [-0.05, 0) is 37.0 Å². The lowest BCUT2D eigenvalue weighted by Gasteiger charge is -2.34. The van der Waals surface area contributed by atoms with Crippen LogP contribution in [0.15, 0.2) is 53.1 Å². The molecule has 1 N–H and O–H groups in total. The van der Waals surface area contributed by atoms with Gasteiger partial charge in [0.2, 0.25) is 5.76 Å². The van der Waals surface area contributed by atoms with Crippen molar-refractivity contribution in [3.8, 4) is 0 Å². The third-order valence-corrected chi connectivity index (χ3v) is 4.30. The maximum Gasteiger partial charge on any atom is 0.374 e. The van der Waals surface area contributed by atoms with Gasteiger partial charge in [0.15, 0.2) is 0 Å². The van der Waals surface area contributed by atoms with Crippen LogP contribution in [0.2, 0.25) is 0 Å². The molecule has 0 unspecified atom stereocenters. The molecular weight excluding hydrogens is 280 g/mol. The van der Waals surface area contributed by atoms with Crippen molar-refractivity contribution in [3.63, 3.8) is 0 Å². The summed E-state index contributed by atoms with van der Waals surface area (Å²) >= 11 is 0. The lowest BCUT2D eigenvalue weighted by molar-refractivity contribution is -0.0954. The first kappa shape index (κ1) is 14.9. The number of carbonyl (C=O) groups excluding carboxylic acids is 1. The Kier molecular flexibility index (Phi) is 4.29. The van der Waals surface area contributed by atoms with E-state index in [-0.39, 0.29) is 5.76 Å². The van der Waals surface area contributed by atoms with E-state index >= 15 is 0 Å². The summed E-state index contributed by atoms with van der Waals surface area (Å²) in [6.45, 7) is 0. The molecule has 22 heavy (non-hydrogen) atoms. The molecule has 2 atom stereocenters. The number of esters is 1. The normalized spacial score (nSPS) is 25.4. The van der Waals surface area contributed by atoms with Gasteiger partial charge < -0.3 is 14.3 Å². The molecule has 1 saturated carbocycles. The van der Waals surface area contributed by atoms with Crippen molar-refractivity contribution >= 4 is 5.97 Å². The van der Waals surface area contributed by atoms with Gasteiger partial charge in [0.05, 0.1) is 6.26 Å². The van der Waals surface area contributed by atoms with E-state index in [1.807, 2.05) is 30.3 Å². The summed E-state index contributed by atoms with van der Waals surface area (Å²) in [5, 5.41) is 11.2. The Morgan fingerprint density at radius 1 is 1.14 bits per heavy atom. The summed E-state index contributed by atoms with van der Waals surface area (Å²) in [5.41, 5.74) is -0.339. The fourth-order valence-corrected chi connectivity index (χ4v) is 3.10. The topological polar surface area (TPSA) is 59.7 Å². The first-order valence-corrected chi connectivity index (χ1v) is 7.72. The molecular formula is C18H20O4. The van der Waals surface area contributed by atoms with Crippen LogP contribution in [0.3, 0.4) is 0 Å². The number of carbonyl (C=O) groups is 1. The van der Waals surface area contributed by atoms with Crippen LogP contribution in [-0.4, -0.2) is 17.2 Å². The van der Waals surface area contributed by atoms with Crippen LogP contribution in [0.1, 0.15) is 48.2 Å². The van der Waals surface area contributed by atoms with Gasteiger partial charge in [-0.15, -0.1) is 0 Å². The van der Waals surface area contributed by atoms with Crippen molar-refractivity contribution < 1.29 is 19.1 Å². The van der Waals surface area contributed by atoms with Gasteiger partial charge >= 0.3 is 5.97 Å². The number of aliphatic hydroxyl groups is 1. The molecule has 0 aliphatic heterocycles. The Labute approximate surface area is 129 Å². The van der Waals surface area contributed by atoms with Crippen molar-refractivity contribution in [2.45, 2.75) is 43.8 Å². The molecule has 4 heteroatoms. The lowest BCUT2D eigenvalue weighted by Crippen LogP contribution is -2.41. The molecule has 3 rings (SSSR count). The zero-order valence-electron chi connectivity index (χ0n) is 12.4. The second kappa shape index (κ2) is 6.36. The van der Waals surface area contributed by atoms with Crippen LogP contribution >= 0.6 is 0 Å². The van der Waals surface area contributed by atoms with E-state index in [0.29, 0.717) is 12.8 Å². The Hall–Kier alpha value is -2.07. The van der Waals surface area contributed by atoms with E-state index < -0.39 is 17.7 Å². The van der Waals surface area contributed by atoms with Crippen molar-refractivity contribution in [1.29, 1.82) is 0 Å². The minimum absolute atomic E-state index is 0.166. The Bertz CT molecular complexity index is 605. The van der Waals surface area contributed by atoms with Crippen LogP contribution in [-0.2, 0) is 10.3 Å². The molecule has 1 aliphatic rings. The van der Waals surface area contributed by atoms with Gasteiger partial charge in [-0.1, -0.05) is 43.2 Å². The summed E-state index contributed by atoms with van der Waals surface area (Å²) in [6.07, 6.45) is 5.00. The summed E-state index contributed by atoms with van der Waals surface area (Å²) in [6, 6.07) is 12.7. The number of furan rings is 1. The average Bonchev–Trinajstić information content (AvgIpc) is 3.02. The number of rotatable bonds is 3. The predicted octanol–water partition coefficient (Wildman–Crippen LogP) is 3.66. The molecule has 2 aromatic rings. The highest BCUT2D eigenvalue weighted by atomic mass is 16.6. The van der Waals surface area contributed by atoms with Crippen molar-refractivity contribution in [2.24, 2.45) is 0 Å². The number of ether oxygens (including phenoxy) is 1. The molecule has 0 saturated heterocycles. The average molecular weight is 300 g/mol. The molecule has 0 bridgehead atoms. The molecule has 1 aromatic heterocycles. The quantitative estimate of drug-likeness (QED) is 0.694. The fourth-order valence-electron chi connectivity index (χ4n) is 3.10. The SMILES string of the molecule is O=C(O[C@H]1CCCCC[C@]1(O)c1ccccc1)c1ccco1. The smallest absolute Gasteiger partial charge is 0.374 e. The molecule has 1 aliphatic carbocycles. The molecule has 116 valence electrons. The minimum Gasteiger partial charge on any atom is -0.457 e. The van der Waals surface area contributed by atoms with Crippen molar-refractivity contribution in [2.75, 3.05) is 0 Å². The molecule has 1 aromatic carbocycles. The van der Waals surface area contributed by atoms with Crippen LogP contribution in [0, 0.1) is 0 Å². The standard InChI is InChI=1S/C18H20O4/c19-17(15-10-7-13-21-15)22-16-11-5-2-6-12-18(16,20)14-8-3-1-4-9-14/h1,3-4,7-10,13,16,20H,2,5-6,11-12H2/t16-,18-/m0/s1. The molecule has 0 spiro atoms. The maximum atomic E-state index is 12.2. The van der Waals surface area contributed by atoms with E-state index in [1.54, 1.807) is 12.1 Å². The van der Waals surface area contributed by atoms with E-state index in [4.69, 9.17) is 9.15 Å². The second-order valence-corrected chi connectivity index (χ2v) is 5.76. The Balaban J connectivity index is 1.86. The van der Waals surface area contributed by atoms with Gasteiger partial charge in [0.25, 0.3) is 0 Å². The van der Waals surface area contributed by atoms with Gasteiger partial charge in [-0.2, -0.15) is 0 Å². The van der Waals surface area contributed by atoms with Crippen molar-refractivity contribution in [1.82, 2.24) is 0 Å². The van der Waals surface area contributed by atoms with E-state index in [0.717, 1.165) is 24.8 Å². The van der Waals surface area contributed by atoms with Gasteiger partial charge in [0.1, 0.15) is 11.7 Å². The van der Waals surface area contributed by atoms with Gasteiger partial charge in [-0.25, -0.2) is 4.79 Å². The largest absolute Gasteiger partial charge is 0.457 e. The van der Waals surface area contributed by atoms with Crippen LogP contribution in [0.25, 0.3) is 0 Å². The third-order valence-electron chi connectivity index (χ3n) is 4.30. The monoisotopic (exact) mass is 300 g/mol. The molecule has 0 amide bonds. The minimum atomic E-state index is -1.14. The maximum absolute atomic E-state index is 12.2. The van der Waals surface area contributed by atoms with E-state index in [9.17, 15) is 9.90 Å². The number of hydrogen-bond donors (Lipinski definition) is 1. The lowest BCUT2D eigenvalue weighted by atomic mass is 9.84. The second-order valence-electron chi connectivity index (χ2n) is 5.76. The van der Waals surface area contributed by atoms with Crippen LogP contribution in [0.5, 0.6) is 0 Å². The first-order valence-electron chi connectivity index (χ1n) is 7.72. The highest BCUT2D eigenvalue weighted by Gasteiger charge is 2.42. The molecule has 1 heterocycles. The van der Waals surface area contributed by atoms with Crippen molar-refractivity contribution in [3.05, 3.63) is 60.1 Å². The third kappa shape index (κ3) is 2.92. The fraction of sp³-hybridized carbons (Fsp3) is 0.389. The highest BCUT2D eigenvalue weighted by molar-refractivity contribution is 5.86. The van der Waals surface area contributed by atoms with E-state index in [1.165, 1.54) is 6.26 Å². The number of hydrogen-bond acceptors (Lipinski definition) is 4. The number of benzene rings is 1. The summed E-state index contributed by atoms with van der Waals surface area (Å²) < 4.78 is 10.7. The summed E-state index contributed by atoms with van der Waals surface area (Å²) in [7, 11) is 0. The Morgan fingerprint density at radius 3 is 2.68 bits per heavy atom. The highest BCUT2D eigenvalue weighted by Crippen LogP contribution is 2.38. The predicted molar refractivity (Wildman–Crippen MR) is 81.3 cm³/mol. The Morgan fingerprint density at radius 2 is 1.95 bits per heavy atom. The van der Waals surface area contributed by atoms with Gasteiger partial charge in [0, 0.05) is 0 Å². The van der Waals surface area contributed by atoms with Crippen LogP contribution < -0.4 is 0 Å². The molecule has 1 fully saturated rings. The van der Waals surface area contributed by atoms with Gasteiger partial charge in [-0.3, -0.25) is 0 Å². The van der Waals surface area contributed by atoms with Crippen LogP contribution in [0.4, 0.5) is 0 Å².